The standard InChI is InChI=1S/C15H18ClNOS/c1-3-18-13-5-4-11(8-10(13)2)12(9-17)14-6-7-15(16)19-14/h4-8,12H,3,9,17H2,1-2H3. The fourth-order valence-electron chi connectivity index (χ4n) is 2.14. The van der Waals surface area contributed by atoms with Gasteiger partial charge in [-0.05, 0) is 43.2 Å². The van der Waals surface area contributed by atoms with E-state index in [0.717, 1.165) is 15.6 Å². The maximum atomic E-state index is 6.00. The van der Waals surface area contributed by atoms with Gasteiger partial charge >= 0.3 is 0 Å². The maximum Gasteiger partial charge on any atom is 0.122 e. The molecule has 1 atom stereocenters. The molecule has 0 radical (unpaired) electrons. The normalized spacial score (nSPS) is 12.4. The number of nitrogens with two attached hydrogens (primary N) is 1. The average Bonchev–Trinajstić information content (AvgIpc) is 2.80. The minimum atomic E-state index is 0.201. The number of rotatable bonds is 5. The second-order valence-electron chi connectivity index (χ2n) is 4.39. The largest absolute Gasteiger partial charge is 0.494 e. The fourth-order valence-corrected chi connectivity index (χ4v) is 3.34. The van der Waals surface area contributed by atoms with Crippen molar-refractivity contribution in [1.82, 2.24) is 0 Å². The van der Waals surface area contributed by atoms with E-state index in [2.05, 4.69) is 25.1 Å². The smallest absolute Gasteiger partial charge is 0.122 e. The first-order valence-electron chi connectivity index (χ1n) is 6.34. The van der Waals surface area contributed by atoms with E-state index in [1.807, 2.05) is 19.1 Å². The molecule has 1 aromatic carbocycles. The molecule has 0 aliphatic rings. The molecule has 1 heterocycles. The molecule has 0 aliphatic heterocycles. The summed E-state index contributed by atoms with van der Waals surface area (Å²) in [5.41, 5.74) is 8.27. The van der Waals surface area contributed by atoms with E-state index in [9.17, 15) is 0 Å². The van der Waals surface area contributed by atoms with Crippen LogP contribution in [0.2, 0.25) is 4.34 Å². The highest BCUT2D eigenvalue weighted by Gasteiger charge is 2.15. The van der Waals surface area contributed by atoms with Gasteiger partial charge in [0.05, 0.1) is 10.9 Å². The van der Waals surface area contributed by atoms with Crippen LogP contribution < -0.4 is 10.5 Å². The van der Waals surface area contributed by atoms with Crippen LogP contribution in [0, 0.1) is 6.92 Å². The van der Waals surface area contributed by atoms with Gasteiger partial charge in [-0.2, -0.15) is 0 Å². The highest BCUT2D eigenvalue weighted by atomic mass is 35.5. The summed E-state index contributed by atoms with van der Waals surface area (Å²) >= 11 is 7.59. The Labute approximate surface area is 123 Å². The number of ether oxygens (including phenoxy) is 1. The molecule has 2 N–H and O–H groups in total. The van der Waals surface area contributed by atoms with E-state index in [0.29, 0.717) is 13.2 Å². The van der Waals surface area contributed by atoms with Gasteiger partial charge < -0.3 is 10.5 Å². The molecule has 0 saturated carbocycles. The van der Waals surface area contributed by atoms with Gasteiger partial charge in [-0.25, -0.2) is 0 Å². The van der Waals surface area contributed by atoms with E-state index in [1.165, 1.54) is 10.4 Å². The number of halogens is 1. The highest BCUT2D eigenvalue weighted by Crippen LogP contribution is 2.33. The van der Waals surface area contributed by atoms with Crippen molar-refractivity contribution in [3.63, 3.8) is 0 Å². The van der Waals surface area contributed by atoms with E-state index >= 15 is 0 Å². The van der Waals surface area contributed by atoms with Gasteiger partial charge in [0, 0.05) is 17.3 Å². The first kappa shape index (κ1) is 14.4. The molecule has 0 aliphatic carbocycles. The van der Waals surface area contributed by atoms with Gasteiger partial charge in [0.2, 0.25) is 0 Å². The summed E-state index contributed by atoms with van der Waals surface area (Å²) in [7, 11) is 0. The molecule has 0 saturated heterocycles. The SMILES string of the molecule is CCOc1ccc(C(CN)c2ccc(Cl)s2)cc1C. The lowest BCUT2D eigenvalue weighted by Gasteiger charge is -2.16. The molecule has 0 bridgehead atoms. The van der Waals surface area contributed by atoms with Gasteiger partial charge in [-0.3, -0.25) is 0 Å². The third kappa shape index (κ3) is 3.30. The molecule has 19 heavy (non-hydrogen) atoms. The number of benzene rings is 1. The molecular weight excluding hydrogens is 278 g/mol. The third-order valence-corrected chi connectivity index (χ3v) is 4.42. The van der Waals surface area contributed by atoms with Crippen LogP contribution >= 0.6 is 22.9 Å². The lowest BCUT2D eigenvalue weighted by molar-refractivity contribution is 0.338. The second-order valence-corrected chi connectivity index (χ2v) is 6.13. The van der Waals surface area contributed by atoms with Gasteiger partial charge in [-0.15, -0.1) is 11.3 Å². The summed E-state index contributed by atoms with van der Waals surface area (Å²) in [4.78, 5) is 1.20. The predicted octanol–water partition coefficient (Wildman–Crippen LogP) is 4.20. The van der Waals surface area contributed by atoms with Gasteiger partial charge in [-0.1, -0.05) is 23.7 Å². The van der Waals surface area contributed by atoms with Crippen molar-refractivity contribution in [2.75, 3.05) is 13.2 Å². The molecule has 1 aromatic heterocycles. The molecule has 1 unspecified atom stereocenters. The van der Waals surface area contributed by atoms with Crippen LogP contribution in [-0.4, -0.2) is 13.2 Å². The summed E-state index contributed by atoms with van der Waals surface area (Å²) in [5, 5.41) is 0. The van der Waals surface area contributed by atoms with E-state index < -0.39 is 0 Å². The van der Waals surface area contributed by atoms with Crippen molar-refractivity contribution < 1.29 is 4.74 Å². The third-order valence-electron chi connectivity index (χ3n) is 3.07. The van der Waals surface area contributed by atoms with E-state index in [4.69, 9.17) is 22.1 Å². The lowest BCUT2D eigenvalue weighted by atomic mass is 9.96. The summed E-state index contributed by atoms with van der Waals surface area (Å²) in [5.74, 6) is 1.14. The minimum Gasteiger partial charge on any atom is -0.494 e. The number of thiophene rings is 1. The van der Waals surface area contributed by atoms with Gasteiger partial charge in [0.25, 0.3) is 0 Å². The monoisotopic (exact) mass is 295 g/mol. The summed E-state index contributed by atoms with van der Waals surface area (Å²) in [6, 6.07) is 10.2. The van der Waals surface area contributed by atoms with Crippen LogP contribution in [0.1, 0.15) is 28.8 Å². The Hall–Kier alpha value is -1.03. The van der Waals surface area contributed by atoms with Gasteiger partial charge in [0.15, 0.2) is 0 Å². The Bertz CT molecular complexity index is 553. The molecule has 0 amide bonds. The Morgan fingerprint density at radius 3 is 2.63 bits per heavy atom. The van der Waals surface area contributed by atoms with Crippen LogP contribution in [0.3, 0.4) is 0 Å². The Morgan fingerprint density at radius 2 is 2.11 bits per heavy atom. The molecule has 0 fully saturated rings. The molecule has 2 nitrogen and oxygen atoms in total. The summed E-state index contributed by atoms with van der Waals surface area (Å²) < 4.78 is 6.37. The lowest BCUT2D eigenvalue weighted by Crippen LogP contribution is -2.13. The molecular formula is C15H18ClNOS. The first-order chi connectivity index (χ1) is 9.15. The van der Waals surface area contributed by atoms with Crippen molar-refractivity contribution >= 4 is 22.9 Å². The first-order valence-corrected chi connectivity index (χ1v) is 7.53. The van der Waals surface area contributed by atoms with E-state index in [-0.39, 0.29) is 5.92 Å². The van der Waals surface area contributed by atoms with Crippen molar-refractivity contribution in [1.29, 1.82) is 0 Å². The quantitative estimate of drug-likeness (QED) is 0.897. The number of aryl methyl sites for hydroxylation is 1. The zero-order valence-electron chi connectivity index (χ0n) is 11.2. The minimum absolute atomic E-state index is 0.201. The van der Waals surface area contributed by atoms with Crippen molar-refractivity contribution in [3.8, 4) is 5.75 Å². The molecule has 2 aromatic rings. The van der Waals surface area contributed by atoms with Crippen LogP contribution in [0.4, 0.5) is 0 Å². The molecule has 102 valence electrons. The zero-order chi connectivity index (χ0) is 13.8. The molecule has 4 heteroatoms. The van der Waals surface area contributed by atoms with Crippen LogP contribution in [-0.2, 0) is 0 Å². The van der Waals surface area contributed by atoms with Crippen molar-refractivity contribution in [2.24, 2.45) is 5.73 Å². The molecule has 0 spiro atoms. The topological polar surface area (TPSA) is 35.2 Å². The fraction of sp³-hybridized carbons (Fsp3) is 0.333. The van der Waals surface area contributed by atoms with Crippen LogP contribution in [0.25, 0.3) is 0 Å². The number of hydrogen-bond donors (Lipinski definition) is 1. The highest BCUT2D eigenvalue weighted by molar-refractivity contribution is 7.16. The van der Waals surface area contributed by atoms with Crippen molar-refractivity contribution in [2.45, 2.75) is 19.8 Å². The Kier molecular flexibility index (Phi) is 4.86. The zero-order valence-corrected chi connectivity index (χ0v) is 12.7. The van der Waals surface area contributed by atoms with Crippen LogP contribution in [0.15, 0.2) is 30.3 Å². The van der Waals surface area contributed by atoms with Crippen molar-refractivity contribution in [3.05, 3.63) is 50.7 Å². The average molecular weight is 296 g/mol. The van der Waals surface area contributed by atoms with Gasteiger partial charge in [0.1, 0.15) is 5.75 Å². The van der Waals surface area contributed by atoms with Crippen LogP contribution in [0.5, 0.6) is 5.75 Å². The summed E-state index contributed by atoms with van der Waals surface area (Å²) in [6.45, 7) is 5.30. The Balaban J connectivity index is 2.31. The summed E-state index contributed by atoms with van der Waals surface area (Å²) in [6.07, 6.45) is 0. The molecule has 2 rings (SSSR count). The second kappa shape index (κ2) is 6.42. The van der Waals surface area contributed by atoms with E-state index in [1.54, 1.807) is 11.3 Å². The predicted molar refractivity (Wildman–Crippen MR) is 82.6 cm³/mol. The number of hydrogen-bond acceptors (Lipinski definition) is 3. The maximum absolute atomic E-state index is 6.00. The Morgan fingerprint density at radius 1 is 1.32 bits per heavy atom.